The largest absolute Gasteiger partial charge is 0.432 e. The minimum Gasteiger partial charge on any atom is -0.432 e. The molecule has 1 nitrogen and oxygen atoms in total. The van der Waals surface area contributed by atoms with Crippen molar-refractivity contribution in [2.24, 2.45) is 29.6 Å². The third-order valence-electron chi connectivity index (χ3n) is 10.1. The van der Waals surface area contributed by atoms with Gasteiger partial charge in [0.1, 0.15) is 11.6 Å². The number of rotatable bonds is 10. The third-order valence-corrected chi connectivity index (χ3v) is 10.1. The van der Waals surface area contributed by atoms with Crippen LogP contribution in [0.1, 0.15) is 134 Å². The van der Waals surface area contributed by atoms with E-state index < -0.39 is 11.9 Å². The van der Waals surface area contributed by atoms with Crippen molar-refractivity contribution < 1.29 is 17.9 Å². The summed E-state index contributed by atoms with van der Waals surface area (Å²) in [4.78, 5) is 0. The Hall–Kier alpha value is -1.19. The van der Waals surface area contributed by atoms with Crippen LogP contribution in [0.5, 0.6) is 5.75 Å². The summed E-state index contributed by atoms with van der Waals surface area (Å²) in [6.45, 7) is 4.50. The molecule has 1 aromatic rings. The van der Waals surface area contributed by atoms with Crippen molar-refractivity contribution in [1.82, 2.24) is 0 Å². The van der Waals surface area contributed by atoms with Gasteiger partial charge in [0.25, 0.3) is 0 Å². The van der Waals surface area contributed by atoms with Crippen LogP contribution in [0.3, 0.4) is 0 Å². The molecule has 0 amide bonds. The Balaban J connectivity index is 1.19. The molecule has 0 atom stereocenters. The highest BCUT2D eigenvalue weighted by atomic mass is 19.3. The number of benzene rings is 1. The maximum Gasteiger partial charge on any atom is 0.397 e. The number of alkyl halides is 2. The molecule has 0 N–H and O–H groups in total. The summed E-state index contributed by atoms with van der Waals surface area (Å²) in [5.74, 6) is 3.47. The molecule has 36 heavy (non-hydrogen) atoms. The predicted octanol–water partition coefficient (Wildman–Crippen LogP) is 10.7. The fraction of sp³-hybridized carbons (Fsp3) is 0.812. The lowest BCUT2D eigenvalue weighted by Gasteiger charge is -2.38. The number of hydrogen-bond donors (Lipinski definition) is 0. The zero-order valence-electron chi connectivity index (χ0n) is 22.8. The van der Waals surface area contributed by atoms with E-state index >= 15 is 0 Å². The number of ether oxygens (including phenoxy) is 1. The molecule has 204 valence electrons. The molecular formula is C32H49F3O. The molecule has 3 aliphatic carbocycles. The van der Waals surface area contributed by atoms with Gasteiger partial charge in [-0.05, 0) is 105 Å². The van der Waals surface area contributed by atoms with E-state index in [1.807, 2.05) is 0 Å². The van der Waals surface area contributed by atoms with E-state index in [9.17, 15) is 13.2 Å². The molecule has 3 fully saturated rings. The maximum atomic E-state index is 14.8. The second kappa shape index (κ2) is 13.1. The average Bonchev–Trinajstić information content (AvgIpc) is 2.89. The summed E-state index contributed by atoms with van der Waals surface area (Å²) in [5, 5.41) is 0. The van der Waals surface area contributed by atoms with Gasteiger partial charge >= 0.3 is 6.11 Å². The lowest BCUT2D eigenvalue weighted by Crippen LogP contribution is -2.28. The first kappa shape index (κ1) is 27.8. The van der Waals surface area contributed by atoms with E-state index in [4.69, 9.17) is 4.74 Å². The number of hydrogen-bond acceptors (Lipinski definition) is 1. The van der Waals surface area contributed by atoms with Gasteiger partial charge in [-0.25, -0.2) is 4.39 Å². The monoisotopic (exact) mass is 506 g/mol. The van der Waals surface area contributed by atoms with Crippen LogP contribution in [-0.2, 0) is 0 Å². The van der Waals surface area contributed by atoms with Crippen LogP contribution in [0.25, 0.3) is 0 Å². The van der Waals surface area contributed by atoms with Crippen LogP contribution in [0.2, 0.25) is 0 Å². The second-order valence-electron chi connectivity index (χ2n) is 12.4. The molecule has 4 rings (SSSR count). The molecule has 0 radical (unpaired) electrons. The summed E-state index contributed by atoms with van der Waals surface area (Å²) in [7, 11) is 0. The first-order chi connectivity index (χ1) is 17.4. The maximum absolute atomic E-state index is 14.8. The summed E-state index contributed by atoms with van der Waals surface area (Å²) < 4.78 is 49.1. The first-order valence-electron chi connectivity index (χ1n) is 15.2. The van der Waals surface area contributed by atoms with Gasteiger partial charge < -0.3 is 4.74 Å². The van der Waals surface area contributed by atoms with E-state index in [1.165, 1.54) is 63.9 Å². The Morgan fingerprint density at radius 3 is 1.83 bits per heavy atom. The third kappa shape index (κ3) is 7.67. The Bertz CT molecular complexity index is 785. The standard InChI is InChI=1S/C32H49F3O/c1-3-5-24-8-12-26(13-9-24)27-14-10-25(11-15-27)20-21-32(34,35)36-29-18-19-30(31(33)22-29)28-16-6-23(4-2)7-17-28/h18-19,22-28H,3-17,20-21H2,1-2H3. The highest BCUT2D eigenvalue weighted by Crippen LogP contribution is 2.44. The molecule has 3 saturated carbocycles. The first-order valence-corrected chi connectivity index (χ1v) is 15.2. The van der Waals surface area contributed by atoms with Crippen molar-refractivity contribution in [1.29, 1.82) is 0 Å². The quantitative estimate of drug-likeness (QED) is 0.307. The summed E-state index contributed by atoms with van der Waals surface area (Å²) in [6, 6.07) is 4.39. The summed E-state index contributed by atoms with van der Waals surface area (Å²) >= 11 is 0. The van der Waals surface area contributed by atoms with Crippen LogP contribution in [0.15, 0.2) is 18.2 Å². The summed E-state index contributed by atoms with van der Waals surface area (Å²) in [6.07, 6.45) is 15.1. The highest BCUT2D eigenvalue weighted by Gasteiger charge is 2.35. The molecule has 0 aliphatic heterocycles. The zero-order chi connectivity index (χ0) is 25.5. The molecule has 0 bridgehead atoms. The van der Waals surface area contributed by atoms with Crippen molar-refractivity contribution >= 4 is 0 Å². The van der Waals surface area contributed by atoms with Crippen LogP contribution >= 0.6 is 0 Å². The van der Waals surface area contributed by atoms with Gasteiger partial charge in [0.05, 0.1) is 6.42 Å². The minimum absolute atomic E-state index is 0.0501. The minimum atomic E-state index is -3.25. The van der Waals surface area contributed by atoms with Crippen molar-refractivity contribution in [3.8, 4) is 5.75 Å². The van der Waals surface area contributed by atoms with Gasteiger partial charge in [0, 0.05) is 6.07 Å². The Kier molecular flexibility index (Phi) is 10.1. The Morgan fingerprint density at radius 2 is 1.31 bits per heavy atom. The molecule has 1 aromatic carbocycles. The second-order valence-corrected chi connectivity index (χ2v) is 12.4. The molecule has 0 heterocycles. The van der Waals surface area contributed by atoms with Gasteiger partial charge in [-0.1, -0.05) is 64.9 Å². The van der Waals surface area contributed by atoms with Crippen LogP contribution in [0.4, 0.5) is 13.2 Å². The lowest BCUT2D eigenvalue weighted by molar-refractivity contribution is -0.183. The van der Waals surface area contributed by atoms with E-state index in [2.05, 4.69) is 13.8 Å². The molecule has 4 heteroatoms. The van der Waals surface area contributed by atoms with E-state index in [0.29, 0.717) is 17.9 Å². The summed E-state index contributed by atoms with van der Waals surface area (Å²) in [5.41, 5.74) is 0.663. The smallest absolute Gasteiger partial charge is 0.397 e. The van der Waals surface area contributed by atoms with E-state index in [1.54, 1.807) is 12.1 Å². The molecule has 0 aromatic heterocycles. The van der Waals surface area contributed by atoms with E-state index in [-0.39, 0.29) is 18.1 Å². The van der Waals surface area contributed by atoms with Crippen molar-refractivity contribution in [3.05, 3.63) is 29.6 Å². The molecular weight excluding hydrogens is 457 g/mol. The van der Waals surface area contributed by atoms with Gasteiger partial charge in [0.2, 0.25) is 0 Å². The molecule has 3 aliphatic rings. The van der Waals surface area contributed by atoms with Crippen LogP contribution in [0, 0.1) is 35.4 Å². The van der Waals surface area contributed by atoms with Gasteiger partial charge in [0.15, 0.2) is 0 Å². The van der Waals surface area contributed by atoms with Crippen LogP contribution in [-0.4, -0.2) is 6.11 Å². The lowest BCUT2D eigenvalue weighted by atomic mass is 9.68. The molecule has 0 spiro atoms. The van der Waals surface area contributed by atoms with Gasteiger partial charge in [-0.2, -0.15) is 8.78 Å². The highest BCUT2D eigenvalue weighted by molar-refractivity contribution is 5.31. The number of halogens is 3. The fourth-order valence-electron chi connectivity index (χ4n) is 7.68. The predicted molar refractivity (Wildman–Crippen MR) is 142 cm³/mol. The average molecular weight is 507 g/mol. The van der Waals surface area contributed by atoms with E-state index in [0.717, 1.165) is 62.2 Å². The fourth-order valence-corrected chi connectivity index (χ4v) is 7.68. The van der Waals surface area contributed by atoms with Gasteiger partial charge in [-0.15, -0.1) is 0 Å². The Labute approximate surface area is 218 Å². The zero-order valence-corrected chi connectivity index (χ0v) is 22.8. The van der Waals surface area contributed by atoms with Crippen molar-refractivity contribution in [3.63, 3.8) is 0 Å². The van der Waals surface area contributed by atoms with Crippen molar-refractivity contribution in [2.45, 2.75) is 135 Å². The van der Waals surface area contributed by atoms with Crippen molar-refractivity contribution in [2.75, 3.05) is 0 Å². The van der Waals surface area contributed by atoms with Crippen LogP contribution < -0.4 is 4.74 Å². The van der Waals surface area contributed by atoms with Gasteiger partial charge in [-0.3, -0.25) is 0 Å². The topological polar surface area (TPSA) is 9.23 Å². The SMILES string of the molecule is CCCC1CCC(C2CCC(CCC(F)(F)Oc3ccc(C4CCC(CC)CC4)c(F)c3)CC2)CC1. The Morgan fingerprint density at radius 1 is 0.750 bits per heavy atom. The molecule has 0 saturated heterocycles. The normalized spacial score (nSPS) is 31.8. The molecule has 0 unspecified atom stereocenters.